The Morgan fingerprint density at radius 1 is 1.23 bits per heavy atom. The van der Waals surface area contributed by atoms with E-state index in [4.69, 9.17) is 15.2 Å². The highest BCUT2D eigenvalue weighted by Crippen LogP contribution is 2.31. The summed E-state index contributed by atoms with van der Waals surface area (Å²) in [7, 11) is 0. The van der Waals surface area contributed by atoms with Crippen molar-refractivity contribution in [2.24, 2.45) is 5.73 Å². The molecule has 2 N–H and O–H groups in total. The van der Waals surface area contributed by atoms with Crippen LogP contribution in [0.4, 0.5) is 0 Å². The van der Waals surface area contributed by atoms with Crippen molar-refractivity contribution in [2.75, 3.05) is 13.2 Å². The van der Waals surface area contributed by atoms with Crippen molar-refractivity contribution >= 4 is 5.70 Å². The van der Waals surface area contributed by atoms with Crippen molar-refractivity contribution in [3.8, 4) is 11.5 Å². The second-order valence-corrected chi connectivity index (χ2v) is 2.88. The number of ether oxygens (including phenoxy) is 2. The van der Waals surface area contributed by atoms with Gasteiger partial charge in [0.1, 0.15) is 13.2 Å². The average molecular weight is 177 g/mol. The van der Waals surface area contributed by atoms with E-state index >= 15 is 0 Å². The van der Waals surface area contributed by atoms with E-state index in [0.29, 0.717) is 18.9 Å². The highest BCUT2D eigenvalue weighted by molar-refractivity contribution is 5.63. The summed E-state index contributed by atoms with van der Waals surface area (Å²) >= 11 is 0. The van der Waals surface area contributed by atoms with E-state index < -0.39 is 0 Å². The lowest BCUT2D eigenvalue weighted by atomic mass is 10.1. The van der Waals surface area contributed by atoms with E-state index in [0.717, 1.165) is 17.1 Å². The van der Waals surface area contributed by atoms with Gasteiger partial charge in [0.25, 0.3) is 0 Å². The van der Waals surface area contributed by atoms with Crippen LogP contribution in [0.2, 0.25) is 0 Å². The third kappa shape index (κ3) is 1.45. The molecule has 0 saturated heterocycles. The average Bonchev–Trinajstić information content (AvgIpc) is 2.17. The molecule has 0 unspecified atom stereocenters. The van der Waals surface area contributed by atoms with Crippen molar-refractivity contribution in [3.63, 3.8) is 0 Å². The molecule has 1 aromatic rings. The van der Waals surface area contributed by atoms with Gasteiger partial charge in [0.15, 0.2) is 11.5 Å². The van der Waals surface area contributed by atoms with Crippen molar-refractivity contribution in [2.45, 2.75) is 0 Å². The van der Waals surface area contributed by atoms with E-state index in [-0.39, 0.29) is 0 Å². The molecule has 0 bridgehead atoms. The molecule has 0 fully saturated rings. The molecule has 68 valence electrons. The molecule has 0 atom stereocenters. The monoisotopic (exact) mass is 177 g/mol. The van der Waals surface area contributed by atoms with Crippen LogP contribution in [0.3, 0.4) is 0 Å². The van der Waals surface area contributed by atoms with Gasteiger partial charge >= 0.3 is 0 Å². The predicted molar refractivity (Wildman–Crippen MR) is 50.7 cm³/mol. The standard InChI is InChI=1S/C10H11NO2/c1-7(11)8-2-3-9-10(6-8)13-5-4-12-9/h2-3,6H,1,4-5,11H2. The fraction of sp³-hybridized carbons (Fsp3) is 0.200. The zero-order chi connectivity index (χ0) is 9.26. The Kier molecular flexibility index (Phi) is 1.85. The zero-order valence-corrected chi connectivity index (χ0v) is 7.25. The Morgan fingerprint density at radius 2 is 1.92 bits per heavy atom. The van der Waals surface area contributed by atoms with Gasteiger partial charge in [0.2, 0.25) is 0 Å². The summed E-state index contributed by atoms with van der Waals surface area (Å²) in [5.74, 6) is 1.52. The smallest absolute Gasteiger partial charge is 0.162 e. The molecule has 3 heteroatoms. The molecular weight excluding hydrogens is 166 g/mol. The molecule has 13 heavy (non-hydrogen) atoms. The lowest BCUT2D eigenvalue weighted by Crippen LogP contribution is -2.15. The van der Waals surface area contributed by atoms with Gasteiger partial charge in [-0.1, -0.05) is 6.58 Å². The summed E-state index contributed by atoms with van der Waals surface area (Å²) in [5.41, 5.74) is 6.97. The highest BCUT2D eigenvalue weighted by atomic mass is 16.6. The fourth-order valence-corrected chi connectivity index (χ4v) is 1.24. The van der Waals surface area contributed by atoms with Crippen LogP contribution in [0.5, 0.6) is 11.5 Å². The number of nitrogens with two attached hydrogens (primary N) is 1. The van der Waals surface area contributed by atoms with Crippen LogP contribution in [0.1, 0.15) is 5.56 Å². The minimum absolute atomic E-state index is 0.539. The normalized spacial score (nSPS) is 13.8. The molecule has 3 nitrogen and oxygen atoms in total. The van der Waals surface area contributed by atoms with Gasteiger partial charge in [-0.05, 0) is 18.2 Å². The molecule has 0 aromatic heterocycles. The van der Waals surface area contributed by atoms with Crippen LogP contribution in [-0.2, 0) is 0 Å². The first-order valence-corrected chi connectivity index (χ1v) is 4.12. The molecule has 2 rings (SSSR count). The summed E-state index contributed by atoms with van der Waals surface area (Å²) in [4.78, 5) is 0. The third-order valence-electron chi connectivity index (χ3n) is 1.91. The Morgan fingerprint density at radius 3 is 2.62 bits per heavy atom. The summed E-state index contributed by atoms with van der Waals surface area (Å²) in [5, 5.41) is 0. The molecule has 0 saturated carbocycles. The molecule has 1 aliphatic heterocycles. The molecule has 0 aliphatic carbocycles. The summed E-state index contributed by atoms with van der Waals surface area (Å²) in [6.07, 6.45) is 0. The van der Waals surface area contributed by atoms with Gasteiger partial charge in [-0.25, -0.2) is 0 Å². The first-order chi connectivity index (χ1) is 6.27. The highest BCUT2D eigenvalue weighted by Gasteiger charge is 2.11. The van der Waals surface area contributed by atoms with Crippen LogP contribution in [0, 0.1) is 0 Å². The van der Waals surface area contributed by atoms with Gasteiger partial charge in [-0.2, -0.15) is 0 Å². The van der Waals surface area contributed by atoms with Crippen LogP contribution >= 0.6 is 0 Å². The molecule has 0 amide bonds. The third-order valence-corrected chi connectivity index (χ3v) is 1.91. The van der Waals surface area contributed by atoms with Gasteiger partial charge in [-0.15, -0.1) is 0 Å². The van der Waals surface area contributed by atoms with Crippen molar-refractivity contribution in [1.29, 1.82) is 0 Å². The molecule has 1 aromatic carbocycles. The zero-order valence-electron chi connectivity index (χ0n) is 7.25. The Bertz CT molecular complexity index is 347. The van der Waals surface area contributed by atoms with E-state index in [2.05, 4.69) is 6.58 Å². The van der Waals surface area contributed by atoms with Crippen molar-refractivity contribution in [3.05, 3.63) is 30.3 Å². The Labute approximate surface area is 76.8 Å². The van der Waals surface area contributed by atoms with Gasteiger partial charge in [0, 0.05) is 11.3 Å². The van der Waals surface area contributed by atoms with Crippen LogP contribution in [0.25, 0.3) is 5.70 Å². The minimum atomic E-state index is 0.539. The second-order valence-electron chi connectivity index (χ2n) is 2.88. The second kappa shape index (κ2) is 3.01. The number of hydrogen-bond donors (Lipinski definition) is 1. The largest absolute Gasteiger partial charge is 0.486 e. The van der Waals surface area contributed by atoms with E-state index in [9.17, 15) is 0 Å². The topological polar surface area (TPSA) is 44.5 Å². The molecular formula is C10H11NO2. The molecule has 0 radical (unpaired) electrons. The Hall–Kier alpha value is -1.64. The lowest BCUT2D eigenvalue weighted by molar-refractivity contribution is 0.171. The maximum atomic E-state index is 5.56. The van der Waals surface area contributed by atoms with Crippen molar-refractivity contribution < 1.29 is 9.47 Å². The predicted octanol–water partition coefficient (Wildman–Crippen LogP) is 1.39. The summed E-state index contributed by atoms with van der Waals surface area (Å²) in [6, 6.07) is 5.56. The quantitative estimate of drug-likeness (QED) is 0.705. The maximum absolute atomic E-state index is 5.56. The number of fused-ring (bicyclic) bond motifs is 1. The number of rotatable bonds is 1. The van der Waals surface area contributed by atoms with Crippen LogP contribution < -0.4 is 15.2 Å². The van der Waals surface area contributed by atoms with E-state index in [1.807, 2.05) is 18.2 Å². The SMILES string of the molecule is C=C(N)c1ccc2c(c1)OCCO2. The molecule has 1 heterocycles. The fourth-order valence-electron chi connectivity index (χ4n) is 1.24. The van der Waals surface area contributed by atoms with Crippen LogP contribution in [0.15, 0.2) is 24.8 Å². The van der Waals surface area contributed by atoms with Gasteiger partial charge in [0.05, 0.1) is 0 Å². The number of benzene rings is 1. The summed E-state index contributed by atoms with van der Waals surface area (Å²) < 4.78 is 10.8. The first-order valence-electron chi connectivity index (χ1n) is 4.12. The molecule has 0 spiro atoms. The Balaban J connectivity index is 2.40. The van der Waals surface area contributed by atoms with Crippen molar-refractivity contribution in [1.82, 2.24) is 0 Å². The summed E-state index contributed by atoms with van der Waals surface area (Å²) in [6.45, 7) is 4.85. The minimum Gasteiger partial charge on any atom is -0.486 e. The van der Waals surface area contributed by atoms with Gasteiger partial charge < -0.3 is 15.2 Å². The molecule has 1 aliphatic rings. The van der Waals surface area contributed by atoms with E-state index in [1.165, 1.54) is 0 Å². The van der Waals surface area contributed by atoms with E-state index in [1.54, 1.807) is 0 Å². The number of hydrogen-bond acceptors (Lipinski definition) is 3. The van der Waals surface area contributed by atoms with Gasteiger partial charge in [-0.3, -0.25) is 0 Å². The lowest BCUT2D eigenvalue weighted by Gasteiger charge is -2.18. The van der Waals surface area contributed by atoms with Crippen LogP contribution in [-0.4, -0.2) is 13.2 Å². The first kappa shape index (κ1) is 7.98. The maximum Gasteiger partial charge on any atom is 0.162 e.